The Morgan fingerprint density at radius 3 is 0.976 bits per heavy atom. The fourth-order valence-corrected chi connectivity index (χ4v) is 30.1. The van der Waals surface area contributed by atoms with Crippen molar-refractivity contribution in [1.29, 1.82) is 0 Å². The summed E-state index contributed by atoms with van der Waals surface area (Å²) in [5.41, 5.74) is 20.4. The Balaban J connectivity index is 0.000000152. The average Bonchev–Trinajstić information content (AvgIpc) is 0.697. The zero-order valence-corrected chi connectivity index (χ0v) is 70.6. The highest BCUT2D eigenvalue weighted by atomic mass is 28.3. The van der Waals surface area contributed by atoms with E-state index in [2.05, 4.69) is 499 Å². The molecule has 7 heteroatoms. The first-order valence-electron chi connectivity index (χ1n) is 42.9. The second-order valence-corrected chi connectivity index (χ2v) is 39.7. The highest BCUT2D eigenvalue weighted by molar-refractivity contribution is 7.22. The Labute approximate surface area is 730 Å². The number of hydrogen-bond donors (Lipinski definition) is 0. The van der Waals surface area contributed by atoms with Crippen LogP contribution in [0.2, 0.25) is 0 Å². The van der Waals surface area contributed by atoms with Gasteiger partial charge in [0.1, 0.15) is 5.82 Å². The minimum atomic E-state index is -2.80. The highest BCUT2D eigenvalue weighted by Crippen LogP contribution is 2.48. The summed E-state index contributed by atoms with van der Waals surface area (Å²) in [6, 6.07) is 183. The van der Waals surface area contributed by atoms with Crippen LogP contribution in [0.15, 0.2) is 504 Å². The van der Waals surface area contributed by atoms with Gasteiger partial charge in [-0.25, -0.2) is 4.39 Å². The van der Waals surface area contributed by atoms with E-state index < -0.39 is 16.1 Å². The third-order valence-corrected chi connectivity index (χ3v) is 35.2. The van der Waals surface area contributed by atoms with Crippen LogP contribution < -0.4 is 61.1 Å². The first-order valence-corrected chi connectivity index (χ1v) is 46.9. The van der Waals surface area contributed by atoms with Crippen molar-refractivity contribution in [2.24, 2.45) is 0 Å². The molecule has 0 aromatic heterocycles. The van der Waals surface area contributed by atoms with Crippen molar-refractivity contribution in [1.82, 2.24) is 0 Å². The molecule has 2 heterocycles. The summed E-state index contributed by atoms with van der Waals surface area (Å²) < 4.78 is 14.2. The van der Waals surface area contributed by atoms with Crippen LogP contribution in [0, 0.1) is 5.82 Å². The first-order chi connectivity index (χ1) is 61.9. The van der Waals surface area contributed by atoms with Crippen LogP contribution in [-0.2, 0) is 0 Å². The predicted molar refractivity (Wildman–Crippen MR) is 532 cm³/mol. The summed E-state index contributed by atoms with van der Waals surface area (Å²) >= 11 is 0. The zero-order chi connectivity index (χ0) is 83.2. The van der Waals surface area contributed by atoms with Gasteiger partial charge in [0.25, 0.3) is 0 Å². The van der Waals surface area contributed by atoms with E-state index in [4.69, 9.17) is 0 Å². The van der Waals surface area contributed by atoms with Gasteiger partial charge in [0.05, 0.1) is 11.4 Å². The van der Waals surface area contributed by atoms with Crippen molar-refractivity contribution < 1.29 is 4.39 Å². The first kappa shape index (κ1) is 75.4. The van der Waals surface area contributed by atoms with Crippen molar-refractivity contribution in [3.05, 3.63) is 509 Å². The SMILES string of the molecule is Fc1ccc(N(c2ccc(-c3ccc4c(c3)N(c3ccccc3)c3ccccc3[Si]4(c3ccccc3)c3ccccc3)cc2)c2cccc3ccccc23)cc1.c1ccc(N2c3ccccc3[Si](c3ccccc3)(c3ccccc3)c3ccc(-c4ccc(N(c5ccc(-c6cccc7ccccc67)cc5)c5cc6ccccc6c6ccccc56)cc4)cc32)cc1. The molecule has 2 aliphatic heterocycles. The Morgan fingerprint density at radius 2 is 0.512 bits per heavy atom. The molecule has 0 radical (unpaired) electrons. The van der Waals surface area contributed by atoms with Gasteiger partial charge >= 0.3 is 0 Å². The lowest BCUT2D eigenvalue weighted by molar-refractivity contribution is 0.628. The van der Waals surface area contributed by atoms with E-state index in [0.29, 0.717) is 0 Å². The summed E-state index contributed by atoms with van der Waals surface area (Å²) in [6.07, 6.45) is 0. The quantitative estimate of drug-likeness (QED) is 0.0749. The van der Waals surface area contributed by atoms with Gasteiger partial charge in [-0.15, -0.1) is 0 Å². The largest absolute Gasteiger partial charge is 0.311 e. The molecule has 21 aromatic carbocycles. The summed E-state index contributed by atoms with van der Waals surface area (Å²) in [4.78, 5) is 9.60. The van der Waals surface area contributed by atoms with Crippen LogP contribution in [0.1, 0.15) is 0 Å². The van der Waals surface area contributed by atoms with E-state index in [1.54, 1.807) is 0 Å². The molecule has 0 amide bonds. The van der Waals surface area contributed by atoms with Crippen LogP contribution in [0.25, 0.3) is 76.5 Å². The number of hydrogen-bond acceptors (Lipinski definition) is 4. The molecule has 23 rings (SSSR count). The topological polar surface area (TPSA) is 13.0 Å². The molecule has 125 heavy (non-hydrogen) atoms. The molecule has 590 valence electrons. The van der Waals surface area contributed by atoms with Crippen molar-refractivity contribution in [3.8, 4) is 33.4 Å². The highest BCUT2D eigenvalue weighted by Gasteiger charge is 2.51. The van der Waals surface area contributed by atoms with Gasteiger partial charge in [0.15, 0.2) is 16.1 Å². The molecule has 0 fully saturated rings. The maximum Gasteiger partial charge on any atom is 0.184 e. The predicted octanol–water partition coefficient (Wildman–Crippen LogP) is 26.4. The van der Waals surface area contributed by atoms with E-state index in [9.17, 15) is 4.39 Å². The van der Waals surface area contributed by atoms with Crippen molar-refractivity contribution in [2.75, 3.05) is 19.6 Å². The summed E-state index contributed by atoms with van der Waals surface area (Å²) in [5, 5.41) is 20.7. The number of halogens is 1. The lowest BCUT2D eigenvalue weighted by Crippen LogP contribution is -2.77. The van der Waals surface area contributed by atoms with Crippen molar-refractivity contribution in [2.45, 2.75) is 0 Å². The maximum absolute atomic E-state index is 14.2. The molecule has 2 aliphatic rings. The van der Waals surface area contributed by atoms with Crippen LogP contribution in [0.5, 0.6) is 0 Å². The van der Waals surface area contributed by atoms with Crippen molar-refractivity contribution >= 4 is 169 Å². The molecule has 0 spiro atoms. The number of anilines is 12. The Bertz CT molecular complexity index is 7440. The summed E-state index contributed by atoms with van der Waals surface area (Å²) in [5.74, 6) is -0.256. The zero-order valence-electron chi connectivity index (χ0n) is 68.6. The number of nitrogens with zero attached hydrogens (tertiary/aromatic N) is 4. The van der Waals surface area contributed by atoms with E-state index in [1.165, 1.54) is 125 Å². The molecule has 0 aliphatic carbocycles. The average molecular weight is 1630 g/mol. The Kier molecular flexibility index (Phi) is 19.5. The molecule has 0 atom stereocenters. The smallest absolute Gasteiger partial charge is 0.184 e. The monoisotopic (exact) mass is 1630 g/mol. The molecule has 0 saturated heterocycles. The van der Waals surface area contributed by atoms with Gasteiger partial charge in [-0.2, -0.15) is 0 Å². The lowest BCUT2D eigenvalue weighted by atomic mass is 9.97. The molecule has 4 nitrogen and oxygen atoms in total. The van der Waals surface area contributed by atoms with Gasteiger partial charge in [0, 0.05) is 67.6 Å². The van der Waals surface area contributed by atoms with E-state index in [0.717, 1.165) is 73.0 Å². The molecule has 21 aromatic rings. The molecule has 0 bridgehead atoms. The van der Waals surface area contributed by atoms with Crippen LogP contribution >= 0.6 is 0 Å². The fraction of sp³-hybridized carbons (Fsp3) is 0. The van der Waals surface area contributed by atoms with Gasteiger partial charge in [-0.3, -0.25) is 0 Å². The second-order valence-electron chi connectivity index (χ2n) is 32.3. The van der Waals surface area contributed by atoms with Gasteiger partial charge < -0.3 is 19.6 Å². The molecule has 0 unspecified atom stereocenters. The summed E-state index contributed by atoms with van der Waals surface area (Å²) in [7, 11) is -5.58. The van der Waals surface area contributed by atoms with Crippen LogP contribution in [0.4, 0.5) is 72.6 Å². The fourth-order valence-electron chi connectivity index (χ4n) is 19.9. The Morgan fingerprint density at radius 1 is 0.192 bits per heavy atom. The number of rotatable bonds is 15. The molecular weight excluding hydrogens is 1550 g/mol. The van der Waals surface area contributed by atoms with Crippen LogP contribution in [0.3, 0.4) is 0 Å². The third-order valence-electron chi connectivity index (χ3n) is 25.5. The van der Waals surface area contributed by atoms with E-state index in [1.807, 2.05) is 12.1 Å². The maximum atomic E-state index is 14.2. The molecule has 0 saturated carbocycles. The number of para-hydroxylation sites is 4. The van der Waals surface area contributed by atoms with Crippen LogP contribution in [-0.4, -0.2) is 16.1 Å². The number of fused-ring (bicyclic) bond motifs is 9. The molecular formula is C118H83FN4Si2. The lowest BCUT2D eigenvalue weighted by Gasteiger charge is -2.45. The van der Waals surface area contributed by atoms with Gasteiger partial charge in [0.2, 0.25) is 0 Å². The summed E-state index contributed by atoms with van der Waals surface area (Å²) in [6.45, 7) is 0. The Hall–Kier alpha value is -15.8. The minimum Gasteiger partial charge on any atom is -0.311 e. The third kappa shape index (κ3) is 13.2. The van der Waals surface area contributed by atoms with Gasteiger partial charge in [-0.1, -0.05) is 382 Å². The van der Waals surface area contributed by atoms with E-state index in [-0.39, 0.29) is 5.82 Å². The molecule has 0 N–H and O–H groups in total. The van der Waals surface area contributed by atoms with E-state index >= 15 is 0 Å². The number of benzene rings is 21. The van der Waals surface area contributed by atoms with Gasteiger partial charge in [-0.05, 0) is 229 Å². The second kappa shape index (κ2) is 32.3. The van der Waals surface area contributed by atoms with Crippen molar-refractivity contribution in [3.63, 3.8) is 0 Å². The minimum absolute atomic E-state index is 0.256. The normalized spacial score (nSPS) is 12.8. The standard InChI is InChI=1S/C66H46N2Si.C52H37FN2Si/c1-4-22-52(23-5-1)68-62-33-16-17-34-65(62)69(55-24-6-2-7-25-55,56-26-8-3-9-27-56)66-44-39-50(45-64(66)68)47-35-40-53(41-36-47)67(63-46-51-20-11-13-29-59(51)60-30-14-15-31-61(60)63)54-42-37-49(38-43-54)58-32-18-21-48-19-10-12-28-57(48)58;53-41-30-34-44(35-31-41)54(48-25-14-16-39-15-10-11-23-47(39)48)43-32-27-38(28-33-43)40-29-36-52-50(37-40)55(42-17-4-1-5-18-42)49-24-12-13-26-51(49)56(52,45-19-6-2-7-20-45)46-21-8-3-9-22-46/h1-46H;1-37H.